The maximum absolute atomic E-state index is 10.2. The van der Waals surface area contributed by atoms with Gasteiger partial charge in [0.1, 0.15) is 0 Å². The first-order chi connectivity index (χ1) is 13.6. The van der Waals surface area contributed by atoms with E-state index in [-0.39, 0.29) is 16.9 Å². The van der Waals surface area contributed by atoms with Crippen LogP contribution in [0, 0.1) is 23.7 Å². The molecule has 28 heavy (non-hydrogen) atoms. The van der Waals surface area contributed by atoms with E-state index in [1.165, 1.54) is 43.2 Å². The normalized spacial score (nSPS) is 29.6. The molecule has 4 heteroatoms. The summed E-state index contributed by atoms with van der Waals surface area (Å²) in [5, 5.41) is 20.4. The summed E-state index contributed by atoms with van der Waals surface area (Å²) in [5.74, 6) is 4.21. The third kappa shape index (κ3) is 2.36. The summed E-state index contributed by atoms with van der Waals surface area (Å²) in [5.41, 5.74) is 2.29. The predicted octanol–water partition coefficient (Wildman–Crippen LogP) is 4.86. The van der Waals surface area contributed by atoms with Crippen molar-refractivity contribution in [3.05, 3.63) is 47.5 Å². The minimum atomic E-state index is -0.130. The Balaban J connectivity index is 1.74. The lowest BCUT2D eigenvalue weighted by Gasteiger charge is -2.62. The number of benzene rings is 2. The van der Waals surface area contributed by atoms with Crippen LogP contribution in [-0.4, -0.2) is 24.4 Å². The summed E-state index contributed by atoms with van der Waals surface area (Å²) in [6, 6.07) is 11.7. The van der Waals surface area contributed by atoms with E-state index in [2.05, 4.69) is 12.1 Å². The molecular weight excluding hydrogens is 352 g/mol. The Morgan fingerprint density at radius 1 is 0.714 bits per heavy atom. The number of ether oxygens (including phenoxy) is 2. The minimum Gasteiger partial charge on any atom is -0.504 e. The Hall–Kier alpha value is -2.36. The van der Waals surface area contributed by atoms with E-state index in [4.69, 9.17) is 9.47 Å². The number of hydrogen-bond donors (Lipinski definition) is 2. The second-order valence-corrected chi connectivity index (χ2v) is 8.95. The average molecular weight is 380 g/mol. The van der Waals surface area contributed by atoms with Crippen molar-refractivity contribution in [2.24, 2.45) is 23.7 Å². The number of rotatable bonds is 4. The van der Waals surface area contributed by atoms with Gasteiger partial charge >= 0.3 is 0 Å². The van der Waals surface area contributed by atoms with Gasteiger partial charge in [-0.2, -0.15) is 0 Å². The fraction of sp³-hybridized carbons (Fsp3) is 0.500. The SMILES string of the molecule is COc1cc(C2(c3ccc(O)c(OC)c3)C3CC4CC(C3)CC2C4)ccc1O. The Kier molecular flexibility index (Phi) is 4.01. The van der Waals surface area contributed by atoms with E-state index in [1.807, 2.05) is 12.1 Å². The molecule has 0 aromatic heterocycles. The molecule has 2 aromatic carbocycles. The molecule has 0 unspecified atom stereocenters. The molecule has 0 saturated heterocycles. The fourth-order valence-corrected chi connectivity index (χ4v) is 6.91. The molecule has 2 aromatic rings. The van der Waals surface area contributed by atoms with Gasteiger partial charge in [-0.05, 0) is 91.2 Å². The number of methoxy groups -OCH3 is 2. The Bertz CT molecular complexity index is 820. The molecule has 0 heterocycles. The summed E-state index contributed by atoms with van der Waals surface area (Å²) in [7, 11) is 3.21. The van der Waals surface area contributed by atoms with E-state index in [0.717, 1.165) is 11.8 Å². The minimum absolute atomic E-state index is 0.130. The first-order valence-electron chi connectivity index (χ1n) is 10.3. The second kappa shape index (κ2) is 6.33. The molecule has 4 aliphatic rings. The van der Waals surface area contributed by atoms with Crippen molar-refractivity contribution in [2.75, 3.05) is 14.2 Å². The molecule has 4 fully saturated rings. The molecule has 6 rings (SSSR count). The number of hydrogen-bond acceptors (Lipinski definition) is 4. The topological polar surface area (TPSA) is 58.9 Å². The van der Waals surface area contributed by atoms with Crippen LogP contribution in [0.3, 0.4) is 0 Å². The summed E-state index contributed by atoms with van der Waals surface area (Å²) in [4.78, 5) is 0. The van der Waals surface area contributed by atoms with Gasteiger partial charge in [0.2, 0.25) is 0 Å². The van der Waals surface area contributed by atoms with Gasteiger partial charge in [-0.3, -0.25) is 0 Å². The van der Waals surface area contributed by atoms with Crippen LogP contribution in [0.1, 0.15) is 43.2 Å². The summed E-state index contributed by atoms with van der Waals surface area (Å²) < 4.78 is 10.9. The second-order valence-electron chi connectivity index (χ2n) is 8.95. The van der Waals surface area contributed by atoms with Gasteiger partial charge in [0.15, 0.2) is 23.0 Å². The van der Waals surface area contributed by atoms with Crippen molar-refractivity contribution < 1.29 is 19.7 Å². The van der Waals surface area contributed by atoms with Gasteiger partial charge in [0, 0.05) is 5.41 Å². The van der Waals surface area contributed by atoms with E-state index in [0.29, 0.717) is 23.3 Å². The van der Waals surface area contributed by atoms with Crippen LogP contribution in [-0.2, 0) is 5.41 Å². The maximum atomic E-state index is 10.2. The van der Waals surface area contributed by atoms with Gasteiger partial charge < -0.3 is 19.7 Å². The van der Waals surface area contributed by atoms with E-state index in [9.17, 15) is 10.2 Å². The predicted molar refractivity (Wildman–Crippen MR) is 107 cm³/mol. The van der Waals surface area contributed by atoms with Crippen molar-refractivity contribution in [2.45, 2.75) is 37.5 Å². The molecule has 0 atom stereocenters. The number of phenols is 2. The van der Waals surface area contributed by atoms with Gasteiger partial charge in [-0.15, -0.1) is 0 Å². The lowest BCUT2D eigenvalue weighted by Crippen LogP contribution is -2.56. The fourth-order valence-electron chi connectivity index (χ4n) is 6.91. The molecular formula is C24H28O4. The molecule has 148 valence electrons. The Morgan fingerprint density at radius 3 is 1.54 bits per heavy atom. The van der Waals surface area contributed by atoms with E-state index < -0.39 is 0 Å². The first-order valence-corrected chi connectivity index (χ1v) is 10.3. The van der Waals surface area contributed by atoms with Gasteiger partial charge in [0.25, 0.3) is 0 Å². The highest BCUT2D eigenvalue weighted by molar-refractivity contribution is 5.53. The van der Waals surface area contributed by atoms with Crippen molar-refractivity contribution in [3.8, 4) is 23.0 Å². The van der Waals surface area contributed by atoms with Crippen LogP contribution >= 0.6 is 0 Å². The van der Waals surface area contributed by atoms with Crippen LogP contribution in [0.2, 0.25) is 0 Å². The third-order valence-corrected chi connectivity index (χ3v) is 7.74. The van der Waals surface area contributed by atoms with Crippen LogP contribution in [0.25, 0.3) is 0 Å². The molecule has 4 bridgehead atoms. The molecule has 4 nitrogen and oxygen atoms in total. The zero-order valence-corrected chi connectivity index (χ0v) is 16.5. The quantitative estimate of drug-likeness (QED) is 0.795. The molecule has 2 N–H and O–H groups in total. The van der Waals surface area contributed by atoms with Crippen LogP contribution in [0.4, 0.5) is 0 Å². The maximum Gasteiger partial charge on any atom is 0.160 e. The van der Waals surface area contributed by atoms with Crippen LogP contribution < -0.4 is 9.47 Å². The van der Waals surface area contributed by atoms with Crippen molar-refractivity contribution in [3.63, 3.8) is 0 Å². The Morgan fingerprint density at radius 2 is 1.14 bits per heavy atom. The van der Waals surface area contributed by atoms with Crippen molar-refractivity contribution in [1.82, 2.24) is 0 Å². The largest absolute Gasteiger partial charge is 0.504 e. The highest BCUT2D eigenvalue weighted by atomic mass is 16.5. The molecule has 0 spiro atoms. The molecule has 4 saturated carbocycles. The zero-order valence-electron chi connectivity index (χ0n) is 16.5. The first kappa shape index (κ1) is 17.7. The van der Waals surface area contributed by atoms with Crippen LogP contribution in [0.15, 0.2) is 36.4 Å². The number of phenolic OH excluding ortho intramolecular Hbond substituents is 2. The summed E-state index contributed by atoms with van der Waals surface area (Å²) in [6.07, 6.45) is 6.39. The highest BCUT2D eigenvalue weighted by Crippen LogP contribution is 2.65. The summed E-state index contributed by atoms with van der Waals surface area (Å²) >= 11 is 0. The highest BCUT2D eigenvalue weighted by Gasteiger charge is 2.58. The lowest BCUT2D eigenvalue weighted by atomic mass is 9.42. The third-order valence-electron chi connectivity index (χ3n) is 7.74. The zero-order chi connectivity index (χ0) is 19.5. The lowest BCUT2D eigenvalue weighted by molar-refractivity contribution is -0.0419. The van der Waals surface area contributed by atoms with Gasteiger partial charge in [-0.25, -0.2) is 0 Å². The van der Waals surface area contributed by atoms with Gasteiger partial charge in [0.05, 0.1) is 14.2 Å². The van der Waals surface area contributed by atoms with E-state index >= 15 is 0 Å². The van der Waals surface area contributed by atoms with Crippen molar-refractivity contribution in [1.29, 1.82) is 0 Å². The summed E-state index contributed by atoms with van der Waals surface area (Å²) in [6.45, 7) is 0. The molecule has 0 aliphatic heterocycles. The molecule has 4 aliphatic carbocycles. The van der Waals surface area contributed by atoms with Gasteiger partial charge in [-0.1, -0.05) is 12.1 Å². The smallest absolute Gasteiger partial charge is 0.160 e. The van der Waals surface area contributed by atoms with Crippen LogP contribution in [0.5, 0.6) is 23.0 Å². The standard InChI is InChI=1S/C24H28O4/c1-27-22-12-16(3-5-20(22)25)24(17-4-6-21(26)23(13-17)28-2)18-8-14-7-15(10-18)11-19(24)9-14/h3-6,12-15,18-19,25-26H,7-11H2,1-2H3. The molecule has 0 radical (unpaired) electrons. The average Bonchev–Trinajstić information content (AvgIpc) is 2.69. The number of aromatic hydroxyl groups is 2. The van der Waals surface area contributed by atoms with Crippen molar-refractivity contribution >= 4 is 0 Å². The monoisotopic (exact) mass is 380 g/mol. The Labute approximate surface area is 166 Å². The molecule has 0 amide bonds. The van der Waals surface area contributed by atoms with E-state index in [1.54, 1.807) is 26.4 Å².